The monoisotopic (exact) mass is 461 g/mol. The Labute approximate surface area is 175 Å². The van der Waals surface area contributed by atoms with E-state index in [1.165, 1.54) is 0 Å². The van der Waals surface area contributed by atoms with Crippen LogP contribution in [0, 0.1) is 0 Å². The molecule has 0 amide bonds. The van der Waals surface area contributed by atoms with E-state index in [2.05, 4.69) is 40.0 Å². The van der Waals surface area contributed by atoms with Crippen molar-refractivity contribution in [2.24, 2.45) is 7.05 Å². The average molecular weight is 463 g/mol. The van der Waals surface area contributed by atoms with E-state index >= 15 is 0 Å². The Morgan fingerprint density at radius 1 is 1.30 bits per heavy atom. The van der Waals surface area contributed by atoms with Gasteiger partial charge in [0.05, 0.1) is 22.2 Å². The third kappa shape index (κ3) is 5.38. The van der Waals surface area contributed by atoms with E-state index in [1.807, 2.05) is 17.7 Å². The number of nitrogens with one attached hydrogen (secondary N) is 1. The number of benzene rings is 1. The second-order valence-electron chi connectivity index (χ2n) is 6.13. The molecule has 2 aromatic rings. The van der Waals surface area contributed by atoms with Gasteiger partial charge in [-0.2, -0.15) is 0 Å². The largest absolute Gasteiger partial charge is 0.507 e. The lowest BCUT2D eigenvalue weighted by Gasteiger charge is -2.18. The highest BCUT2D eigenvalue weighted by atomic mass is 79.9. The van der Waals surface area contributed by atoms with Gasteiger partial charge in [-0.15, -0.1) is 12.4 Å². The molecule has 0 saturated heterocycles. The van der Waals surface area contributed by atoms with Crippen molar-refractivity contribution >= 4 is 45.2 Å². The average Bonchev–Trinajstić information content (AvgIpc) is 2.87. The molecule has 152 valence electrons. The zero-order valence-electron chi connectivity index (χ0n) is 16.3. The number of hydrogen-bond acceptors (Lipinski definition) is 5. The highest BCUT2D eigenvalue weighted by molar-refractivity contribution is 9.10. The number of carbonyl (C=O) groups is 1. The summed E-state index contributed by atoms with van der Waals surface area (Å²) >= 11 is 3.35. The van der Waals surface area contributed by atoms with Crippen LogP contribution in [0.2, 0.25) is 0 Å². The maximum absolute atomic E-state index is 12.6. The number of aryl methyl sites for hydroxylation is 1. The molecule has 0 radical (unpaired) electrons. The summed E-state index contributed by atoms with van der Waals surface area (Å²) in [5.74, 6) is -0.255. The van der Waals surface area contributed by atoms with Crippen LogP contribution in [0.4, 0.5) is 0 Å². The second kappa shape index (κ2) is 10.9. The van der Waals surface area contributed by atoms with E-state index in [0.29, 0.717) is 28.6 Å². The number of aromatic nitrogens is 1. The van der Waals surface area contributed by atoms with Crippen molar-refractivity contribution in [1.29, 1.82) is 0 Å². The van der Waals surface area contributed by atoms with Crippen LogP contribution in [0.5, 0.6) is 5.75 Å². The van der Waals surface area contributed by atoms with Crippen LogP contribution in [-0.4, -0.2) is 53.3 Å². The molecule has 0 aliphatic rings. The summed E-state index contributed by atoms with van der Waals surface area (Å²) in [6, 6.07) is 3.44. The molecule has 0 aliphatic heterocycles. The van der Waals surface area contributed by atoms with Crippen molar-refractivity contribution in [2.45, 2.75) is 27.3 Å². The van der Waals surface area contributed by atoms with Gasteiger partial charge in [0, 0.05) is 37.8 Å². The first-order valence-corrected chi connectivity index (χ1v) is 9.83. The van der Waals surface area contributed by atoms with Gasteiger partial charge in [0.1, 0.15) is 5.75 Å². The van der Waals surface area contributed by atoms with Crippen LogP contribution in [0.1, 0.15) is 36.8 Å². The van der Waals surface area contributed by atoms with Crippen molar-refractivity contribution in [2.75, 3.05) is 32.8 Å². The lowest BCUT2D eigenvalue weighted by molar-refractivity contribution is 0.0527. The number of nitrogens with zero attached hydrogens (tertiary/aromatic N) is 2. The number of rotatable bonds is 9. The van der Waals surface area contributed by atoms with Gasteiger partial charge in [0.25, 0.3) is 0 Å². The molecule has 8 heteroatoms. The minimum atomic E-state index is -0.361. The van der Waals surface area contributed by atoms with Crippen molar-refractivity contribution < 1.29 is 14.6 Å². The van der Waals surface area contributed by atoms with E-state index in [4.69, 9.17) is 4.74 Å². The number of hydrogen-bond donors (Lipinski definition) is 2. The Hall–Kier alpha value is -1.28. The molecular weight excluding hydrogens is 434 g/mol. The number of phenolic OH excluding ortho intramolecular Hbond substituents is 1. The first-order valence-electron chi connectivity index (χ1n) is 9.04. The molecule has 0 saturated carbocycles. The second-order valence-corrected chi connectivity index (χ2v) is 6.98. The van der Waals surface area contributed by atoms with Gasteiger partial charge in [-0.05, 0) is 48.1 Å². The van der Waals surface area contributed by atoms with Gasteiger partial charge in [-0.3, -0.25) is 0 Å². The van der Waals surface area contributed by atoms with Crippen molar-refractivity contribution in [3.8, 4) is 5.75 Å². The molecule has 1 aromatic carbocycles. The van der Waals surface area contributed by atoms with E-state index in [1.54, 1.807) is 13.0 Å². The predicted molar refractivity (Wildman–Crippen MR) is 115 cm³/mol. The van der Waals surface area contributed by atoms with Gasteiger partial charge in [-0.25, -0.2) is 4.79 Å². The number of phenols is 1. The van der Waals surface area contributed by atoms with Gasteiger partial charge < -0.3 is 24.6 Å². The van der Waals surface area contributed by atoms with E-state index < -0.39 is 0 Å². The fourth-order valence-electron chi connectivity index (χ4n) is 3.12. The quantitative estimate of drug-likeness (QED) is 0.439. The first-order chi connectivity index (χ1) is 12.4. The molecular formula is C19H29BrClN3O3. The topological polar surface area (TPSA) is 66.7 Å². The summed E-state index contributed by atoms with van der Waals surface area (Å²) in [7, 11) is 1.93. The molecule has 1 heterocycles. The summed E-state index contributed by atoms with van der Waals surface area (Å²) in [5.41, 5.74) is 2.25. The van der Waals surface area contributed by atoms with Crippen LogP contribution in [0.3, 0.4) is 0 Å². The third-order valence-corrected chi connectivity index (χ3v) is 5.30. The number of ether oxygens (including phenoxy) is 1. The number of halogens is 2. The highest BCUT2D eigenvalue weighted by Gasteiger charge is 2.23. The van der Waals surface area contributed by atoms with Crippen molar-refractivity contribution in [3.05, 3.63) is 27.9 Å². The molecule has 0 atom stereocenters. The van der Waals surface area contributed by atoms with E-state index in [9.17, 15) is 9.90 Å². The summed E-state index contributed by atoms with van der Waals surface area (Å²) < 4.78 is 7.84. The fraction of sp³-hybridized carbons (Fsp3) is 0.526. The molecule has 0 spiro atoms. The number of carbonyl (C=O) groups excluding carboxylic acids is 1. The van der Waals surface area contributed by atoms with Crippen LogP contribution in [-0.2, 0) is 18.3 Å². The summed E-state index contributed by atoms with van der Waals surface area (Å²) in [6.45, 7) is 10.8. The van der Waals surface area contributed by atoms with Gasteiger partial charge in [-0.1, -0.05) is 13.8 Å². The highest BCUT2D eigenvalue weighted by Crippen LogP contribution is 2.34. The predicted octanol–water partition coefficient (Wildman–Crippen LogP) is 3.68. The van der Waals surface area contributed by atoms with Crippen molar-refractivity contribution in [3.63, 3.8) is 0 Å². The number of esters is 1. The lowest BCUT2D eigenvalue weighted by atomic mass is 10.1. The first kappa shape index (κ1) is 23.8. The van der Waals surface area contributed by atoms with Gasteiger partial charge in [0.15, 0.2) is 0 Å². The maximum atomic E-state index is 12.6. The third-order valence-electron chi connectivity index (χ3n) is 4.66. The summed E-state index contributed by atoms with van der Waals surface area (Å²) in [5, 5.41) is 14.2. The molecule has 6 nitrogen and oxygen atoms in total. The Kier molecular flexibility index (Phi) is 9.59. The Bertz CT molecular complexity index is 775. The van der Waals surface area contributed by atoms with Gasteiger partial charge in [0.2, 0.25) is 0 Å². The van der Waals surface area contributed by atoms with Crippen LogP contribution in [0.25, 0.3) is 10.9 Å². The summed E-state index contributed by atoms with van der Waals surface area (Å²) in [4.78, 5) is 14.9. The minimum Gasteiger partial charge on any atom is -0.507 e. The van der Waals surface area contributed by atoms with E-state index in [0.717, 1.165) is 37.4 Å². The molecule has 0 bridgehead atoms. The van der Waals surface area contributed by atoms with Crippen LogP contribution < -0.4 is 5.32 Å². The SMILES string of the molecule is CCOC(=O)c1c(CNCCN(CC)CC)n(C)c2cc(Br)c(O)cc12.Cl. The fourth-order valence-corrected chi connectivity index (χ4v) is 3.45. The zero-order chi connectivity index (χ0) is 19.3. The molecule has 0 fully saturated rings. The molecule has 2 rings (SSSR count). The number of likely N-dealkylation sites (N-methyl/N-ethyl adjacent to an activating group) is 1. The Balaban J connectivity index is 0.00000364. The standard InChI is InChI=1S/C19H28BrN3O3.ClH/c1-5-23(6-2)9-8-21-12-16-18(19(25)26-7-3)13-10-17(24)14(20)11-15(13)22(16)4;/h10-11,21,24H,5-9,12H2,1-4H3;1H. The molecule has 0 aliphatic carbocycles. The molecule has 0 unspecified atom stereocenters. The minimum absolute atomic E-state index is 0. The van der Waals surface area contributed by atoms with Crippen LogP contribution in [0.15, 0.2) is 16.6 Å². The molecule has 27 heavy (non-hydrogen) atoms. The normalized spacial score (nSPS) is 11.0. The lowest BCUT2D eigenvalue weighted by Crippen LogP contribution is -2.32. The van der Waals surface area contributed by atoms with Crippen molar-refractivity contribution in [1.82, 2.24) is 14.8 Å². The Morgan fingerprint density at radius 2 is 1.96 bits per heavy atom. The number of aromatic hydroxyl groups is 1. The van der Waals surface area contributed by atoms with Crippen LogP contribution >= 0.6 is 28.3 Å². The summed E-state index contributed by atoms with van der Waals surface area (Å²) in [6.07, 6.45) is 0. The maximum Gasteiger partial charge on any atom is 0.340 e. The van der Waals surface area contributed by atoms with E-state index in [-0.39, 0.29) is 24.1 Å². The molecule has 1 aromatic heterocycles. The van der Waals surface area contributed by atoms with Gasteiger partial charge >= 0.3 is 5.97 Å². The number of fused-ring (bicyclic) bond motifs is 1. The molecule has 2 N–H and O–H groups in total. The smallest absolute Gasteiger partial charge is 0.340 e. The zero-order valence-corrected chi connectivity index (χ0v) is 18.7. The Morgan fingerprint density at radius 3 is 2.56 bits per heavy atom.